The predicted molar refractivity (Wildman–Crippen MR) is 122 cm³/mol. The number of carbonyl (C=O) groups is 1. The molecule has 6 heteroatoms. The van der Waals surface area contributed by atoms with Crippen LogP contribution in [0.25, 0.3) is 10.9 Å². The van der Waals surface area contributed by atoms with Crippen molar-refractivity contribution in [1.29, 1.82) is 0 Å². The molecule has 4 rings (SSSR count). The van der Waals surface area contributed by atoms with Gasteiger partial charge in [0.15, 0.2) is 0 Å². The topological polar surface area (TPSA) is 72.7 Å². The van der Waals surface area contributed by atoms with Crippen LogP contribution in [-0.4, -0.2) is 28.8 Å². The van der Waals surface area contributed by atoms with E-state index in [4.69, 9.17) is 9.47 Å². The van der Waals surface area contributed by atoms with E-state index in [2.05, 4.69) is 35.0 Å². The zero-order valence-electron chi connectivity index (χ0n) is 18.6. The first-order chi connectivity index (χ1) is 14.9. The molecule has 0 fully saturated rings. The fourth-order valence-electron chi connectivity index (χ4n) is 4.45. The summed E-state index contributed by atoms with van der Waals surface area (Å²) >= 11 is 0. The summed E-state index contributed by atoms with van der Waals surface area (Å²) in [5.74, 6) is 1.02. The van der Waals surface area contributed by atoms with Gasteiger partial charge in [-0.05, 0) is 63.1 Å². The quantitative estimate of drug-likeness (QED) is 0.514. The third-order valence-corrected chi connectivity index (χ3v) is 5.95. The molecule has 0 radical (unpaired) electrons. The second-order valence-electron chi connectivity index (χ2n) is 8.46. The van der Waals surface area contributed by atoms with Crippen molar-refractivity contribution >= 4 is 22.6 Å². The van der Waals surface area contributed by atoms with Crippen molar-refractivity contribution in [3.05, 3.63) is 53.2 Å². The summed E-state index contributed by atoms with van der Waals surface area (Å²) in [6.07, 6.45) is 1.19. The fourth-order valence-corrected chi connectivity index (χ4v) is 4.45. The van der Waals surface area contributed by atoms with Gasteiger partial charge in [0.05, 0.1) is 18.2 Å². The number of aryl methyl sites for hydroxylation is 2. The van der Waals surface area contributed by atoms with Gasteiger partial charge in [0.2, 0.25) is 0 Å². The predicted octanol–water partition coefficient (Wildman–Crippen LogP) is 5.32. The highest BCUT2D eigenvalue weighted by Gasteiger charge is 2.27. The average molecular weight is 423 g/mol. The van der Waals surface area contributed by atoms with Crippen molar-refractivity contribution in [2.45, 2.75) is 58.8 Å². The molecule has 2 N–H and O–H groups in total. The number of rotatable bonds is 8. The number of anilines is 1. The fraction of sp³-hybridized carbons (Fsp3) is 0.400. The highest BCUT2D eigenvalue weighted by atomic mass is 16.5. The summed E-state index contributed by atoms with van der Waals surface area (Å²) in [7, 11) is 1.88. The Kier molecular flexibility index (Phi) is 5.81. The number of hydrogen-bond acceptors (Lipinski definition) is 4. The second-order valence-corrected chi connectivity index (χ2v) is 8.46. The van der Waals surface area contributed by atoms with Crippen LogP contribution in [0.15, 0.2) is 36.4 Å². The summed E-state index contributed by atoms with van der Waals surface area (Å²) in [4.78, 5) is 11.2. The summed E-state index contributed by atoms with van der Waals surface area (Å²) in [5.41, 5.74) is 5.36. The summed E-state index contributed by atoms with van der Waals surface area (Å²) in [5, 5.41) is 13.5. The molecule has 0 amide bonds. The number of carboxylic acid groups (broad SMARTS) is 1. The molecule has 3 aromatic rings. The van der Waals surface area contributed by atoms with Crippen LogP contribution in [0.1, 0.15) is 49.4 Å². The molecule has 0 bridgehead atoms. The minimum atomic E-state index is -0.741. The molecule has 1 aromatic heterocycles. The third-order valence-electron chi connectivity index (χ3n) is 5.95. The Morgan fingerprint density at radius 2 is 2.00 bits per heavy atom. The van der Waals surface area contributed by atoms with Crippen LogP contribution >= 0.6 is 0 Å². The standard InChI is InChI=1S/C25H30N2O4/c1-15(2)31-24-7-5-17(11-20(24)26-4)14-30-23-8-6-21-19(16(23)3)13-22-18(12-25(28)29)9-10-27(21)22/h5-8,11,13,15,18,26H,9-10,12,14H2,1-4H3,(H,28,29). The highest BCUT2D eigenvalue weighted by Crippen LogP contribution is 2.39. The average Bonchev–Trinajstić information content (AvgIpc) is 3.28. The van der Waals surface area contributed by atoms with Gasteiger partial charge >= 0.3 is 5.97 Å². The Morgan fingerprint density at radius 1 is 1.23 bits per heavy atom. The van der Waals surface area contributed by atoms with Crippen molar-refractivity contribution in [1.82, 2.24) is 4.57 Å². The first-order valence-electron chi connectivity index (χ1n) is 10.8. The second kappa shape index (κ2) is 8.53. The molecule has 1 unspecified atom stereocenters. The van der Waals surface area contributed by atoms with E-state index in [-0.39, 0.29) is 18.4 Å². The van der Waals surface area contributed by atoms with Gasteiger partial charge in [0.1, 0.15) is 18.1 Å². The van der Waals surface area contributed by atoms with Crippen molar-refractivity contribution in [2.75, 3.05) is 12.4 Å². The van der Waals surface area contributed by atoms with E-state index in [0.29, 0.717) is 6.61 Å². The van der Waals surface area contributed by atoms with Crippen molar-refractivity contribution in [3.63, 3.8) is 0 Å². The van der Waals surface area contributed by atoms with E-state index in [1.54, 1.807) is 0 Å². The molecule has 31 heavy (non-hydrogen) atoms. The SMILES string of the molecule is CNc1cc(COc2ccc3c(cc4n3CCC4CC(=O)O)c2C)ccc1OC(C)C. The van der Waals surface area contributed by atoms with Gasteiger partial charge in [-0.15, -0.1) is 0 Å². The Labute approximate surface area is 182 Å². The molecule has 6 nitrogen and oxygen atoms in total. The molecule has 0 spiro atoms. The molecule has 1 aliphatic heterocycles. The zero-order chi connectivity index (χ0) is 22.1. The minimum Gasteiger partial charge on any atom is -0.489 e. The minimum absolute atomic E-state index is 0.0835. The largest absolute Gasteiger partial charge is 0.489 e. The van der Waals surface area contributed by atoms with E-state index >= 15 is 0 Å². The maximum absolute atomic E-state index is 11.2. The molecule has 2 aromatic carbocycles. The third kappa shape index (κ3) is 4.20. The number of aromatic nitrogens is 1. The number of nitrogens with one attached hydrogen (secondary N) is 1. The summed E-state index contributed by atoms with van der Waals surface area (Å²) < 4.78 is 14.3. The molecule has 1 aliphatic rings. The normalized spacial score (nSPS) is 15.3. The van der Waals surface area contributed by atoms with E-state index in [0.717, 1.165) is 57.9 Å². The van der Waals surface area contributed by atoms with Gasteiger partial charge in [-0.3, -0.25) is 4.79 Å². The number of nitrogens with zero attached hydrogens (tertiary/aromatic N) is 1. The molecular formula is C25H30N2O4. The Bertz CT molecular complexity index is 1120. The lowest BCUT2D eigenvalue weighted by Crippen LogP contribution is -2.08. The summed E-state index contributed by atoms with van der Waals surface area (Å²) in [6.45, 7) is 7.42. The van der Waals surface area contributed by atoms with Crippen LogP contribution in [0.2, 0.25) is 0 Å². The zero-order valence-corrected chi connectivity index (χ0v) is 18.6. The first kappa shape index (κ1) is 21.1. The lowest BCUT2D eigenvalue weighted by atomic mass is 9.99. The lowest BCUT2D eigenvalue weighted by Gasteiger charge is -2.16. The van der Waals surface area contributed by atoms with Crippen LogP contribution in [-0.2, 0) is 17.9 Å². The number of hydrogen-bond donors (Lipinski definition) is 2. The molecule has 1 atom stereocenters. The van der Waals surface area contributed by atoms with Crippen molar-refractivity contribution < 1.29 is 19.4 Å². The Hall–Kier alpha value is -3.15. The van der Waals surface area contributed by atoms with Crippen LogP contribution < -0.4 is 14.8 Å². The molecule has 164 valence electrons. The van der Waals surface area contributed by atoms with Gasteiger partial charge < -0.3 is 24.5 Å². The number of carboxylic acids is 1. The van der Waals surface area contributed by atoms with Crippen molar-refractivity contribution in [3.8, 4) is 11.5 Å². The molecule has 2 heterocycles. The smallest absolute Gasteiger partial charge is 0.304 e. The maximum atomic E-state index is 11.2. The maximum Gasteiger partial charge on any atom is 0.304 e. The van der Waals surface area contributed by atoms with Gasteiger partial charge in [0, 0.05) is 41.7 Å². The summed E-state index contributed by atoms with van der Waals surface area (Å²) in [6, 6.07) is 12.3. The monoisotopic (exact) mass is 422 g/mol. The van der Waals surface area contributed by atoms with E-state index < -0.39 is 5.97 Å². The molecule has 0 aliphatic carbocycles. The number of benzene rings is 2. The van der Waals surface area contributed by atoms with Gasteiger partial charge in [-0.25, -0.2) is 0 Å². The van der Waals surface area contributed by atoms with E-state index in [1.807, 2.05) is 39.1 Å². The van der Waals surface area contributed by atoms with Gasteiger partial charge in [-0.1, -0.05) is 6.07 Å². The van der Waals surface area contributed by atoms with Crippen molar-refractivity contribution in [2.24, 2.45) is 0 Å². The van der Waals surface area contributed by atoms with Crippen LogP contribution in [0.3, 0.4) is 0 Å². The Morgan fingerprint density at radius 3 is 2.71 bits per heavy atom. The molecule has 0 saturated carbocycles. The molecule has 0 saturated heterocycles. The Balaban J connectivity index is 1.55. The van der Waals surface area contributed by atoms with Gasteiger partial charge in [-0.2, -0.15) is 0 Å². The van der Waals surface area contributed by atoms with Gasteiger partial charge in [0.25, 0.3) is 0 Å². The highest BCUT2D eigenvalue weighted by molar-refractivity contribution is 5.87. The van der Waals surface area contributed by atoms with E-state index in [1.165, 1.54) is 0 Å². The lowest BCUT2D eigenvalue weighted by molar-refractivity contribution is -0.137. The number of ether oxygens (including phenoxy) is 2. The first-order valence-corrected chi connectivity index (χ1v) is 10.8. The number of fused-ring (bicyclic) bond motifs is 3. The van der Waals surface area contributed by atoms with E-state index in [9.17, 15) is 9.90 Å². The van der Waals surface area contributed by atoms with Crippen LogP contribution in [0.5, 0.6) is 11.5 Å². The van der Waals surface area contributed by atoms with Crippen LogP contribution in [0, 0.1) is 6.92 Å². The van der Waals surface area contributed by atoms with Crippen LogP contribution in [0.4, 0.5) is 5.69 Å². The molecular weight excluding hydrogens is 392 g/mol. The number of aliphatic carboxylic acids is 1.